The van der Waals surface area contributed by atoms with Crippen molar-refractivity contribution in [1.29, 1.82) is 0 Å². The summed E-state index contributed by atoms with van der Waals surface area (Å²) >= 11 is 0. The van der Waals surface area contributed by atoms with Crippen molar-refractivity contribution < 1.29 is 14.9 Å². The Morgan fingerprint density at radius 3 is 2.82 bits per heavy atom. The SMILES string of the molecule is CCN(C=Nc1ccn([C@H]2C[C@H](O)[C@@H](CO)O2)c(=O)n1)CC. The quantitative estimate of drug-likeness (QED) is 0.561. The standard InChI is InChI=1S/C14H22N4O4/c1-3-17(4-2)9-15-12-5-6-18(14(21)16-12)13-7-10(20)11(8-19)22-13/h5-6,9-11,13,19-20H,3-4,7-8H2,1-2H3/t10-,11+,13+/m0/s1. The molecule has 1 aromatic heterocycles. The van der Waals surface area contributed by atoms with Gasteiger partial charge in [-0.15, -0.1) is 0 Å². The average molecular weight is 310 g/mol. The molecule has 0 aromatic carbocycles. The highest BCUT2D eigenvalue weighted by Crippen LogP contribution is 2.27. The summed E-state index contributed by atoms with van der Waals surface area (Å²) in [6.45, 7) is 5.40. The van der Waals surface area contributed by atoms with Crippen LogP contribution in [0.1, 0.15) is 26.5 Å². The largest absolute Gasteiger partial charge is 0.394 e. The fraction of sp³-hybridized carbons (Fsp3) is 0.643. The first kappa shape index (κ1) is 16.6. The summed E-state index contributed by atoms with van der Waals surface area (Å²) in [4.78, 5) is 22.1. The third-order valence-electron chi connectivity index (χ3n) is 3.68. The van der Waals surface area contributed by atoms with Crippen LogP contribution in [-0.2, 0) is 4.74 Å². The van der Waals surface area contributed by atoms with E-state index in [0.717, 1.165) is 13.1 Å². The van der Waals surface area contributed by atoms with E-state index < -0.39 is 24.1 Å². The highest BCUT2D eigenvalue weighted by molar-refractivity contribution is 5.59. The minimum absolute atomic E-state index is 0.245. The number of ether oxygens (including phenoxy) is 1. The minimum atomic E-state index is -0.790. The molecule has 122 valence electrons. The second-order valence-corrected chi connectivity index (χ2v) is 5.06. The number of rotatable bonds is 6. The van der Waals surface area contributed by atoms with Crippen LogP contribution in [0.4, 0.5) is 5.82 Å². The first-order valence-electron chi connectivity index (χ1n) is 7.40. The lowest BCUT2D eigenvalue weighted by Crippen LogP contribution is -2.27. The van der Waals surface area contributed by atoms with Crippen LogP contribution in [0.3, 0.4) is 0 Å². The predicted molar refractivity (Wildman–Crippen MR) is 81.2 cm³/mol. The van der Waals surface area contributed by atoms with Crippen molar-refractivity contribution in [3.63, 3.8) is 0 Å². The van der Waals surface area contributed by atoms with Crippen molar-refractivity contribution >= 4 is 12.2 Å². The summed E-state index contributed by atoms with van der Waals surface area (Å²) in [5.41, 5.74) is -0.495. The van der Waals surface area contributed by atoms with Gasteiger partial charge in [0.2, 0.25) is 0 Å². The molecule has 0 saturated carbocycles. The van der Waals surface area contributed by atoms with Crippen molar-refractivity contribution in [2.75, 3.05) is 19.7 Å². The number of hydrogen-bond acceptors (Lipinski definition) is 6. The predicted octanol–water partition coefficient (Wildman–Crippen LogP) is -0.114. The molecule has 0 amide bonds. The van der Waals surface area contributed by atoms with Crippen molar-refractivity contribution in [3.05, 3.63) is 22.7 Å². The van der Waals surface area contributed by atoms with Crippen LogP contribution in [0.2, 0.25) is 0 Å². The zero-order chi connectivity index (χ0) is 16.1. The zero-order valence-corrected chi connectivity index (χ0v) is 12.8. The third-order valence-corrected chi connectivity index (χ3v) is 3.68. The number of nitrogens with zero attached hydrogens (tertiary/aromatic N) is 4. The fourth-order valence-corrected chi connectivity index (χ4v) is 2.27. The molecule has 0 aliphatic carbocycles. The third kappa shape index (κ3) is 3.70. The van der Waals surface area contributed by atoms with E-state index in [1.807, 2.05) is 18.7 Å². The van der Waals surface area contributed by atoms with Gasteiger partial charge in [0, 0.05) is 25.7 Å². The number of aliphatic imine (C=N–C) groups is 1. The maximum Gasteiger partial charge on any atom is 0.351 e. The Labute approximate surface area is 128 Å². The Morgan fingerprint density at radius 1 is 1.55 bits per heavy atom. The van der Waals surface area contributed by atoms with Gasteiger partial charge in [-0.3, -0.25) is 4.57 Å². The zero-order valence-electron chi connectivity index (χ0n) is 12.8. The van der Waals surface area contributed by atoms with Crippen LogP contribution >= 0.6 is 0 Å². The topological polar surface area (TPSA) is 100 Å². The molecule has 2 N–H and O–H groups in total. The molecule has 1 aromatic rings. The van der Waals surface area contributed by atoms with Crippen LogP contribution in [-0.4, -0.2) is 62.9 Å². The number of aliphatic hydroxyl groups excluding tert-OH is 2. The van der Waals surface area contributed by atoms with Crippen molar-refractivity contribution in [2.24, 2.45) is 4.99 Å². The van der Waals surface area contributed by atoms with Crippen molar-refractivity contribution in [1.82, 2.24) is 14.5 Å². The van der Waals surface area contributed by atoms with Crippen LogP contribution in [0.25, 0.3) is 0 Å². The molecular formula is C14H22N4O4. The van der Waals surface area contributed by atoms with Gasteiger partial charge in [-0.1, -0.05) is 0 Å². The van der Waals surface area contributed by atoms with Gasteiger partial charge in [0.25, 0.3) is 0 Å². The summed E-state index contributed by atoms with van der Waals surface area (Å²) in [5.74, 6) is 0.324. The van der Waals surface area contributed by atoms with E-state index in [9.17, 15) is 9.90 Å². The monoisotopic (exact) mass is 310 g/mol. The van der Waals surface area contributed by atoms with Crippen LogP contribution in [0, 0.1) is 0 Å². The number of aromatic nitrogens is 2. The second kappa shape index (κ2) is 7.48. The fourth-order valence-electron chi connectivity index (χ4n) is 2.27. The highest BCUT2D eigenvalue weighted by atomic mass is 16.5. The van der Waals surface area contributed by atoms with Gasteiger partial charge in [0.05, 0.1) is 19.0 Å². The maximum atomic E-state index is 12.1. The van der Waals surface area contributed by atoms with E-state index in [1.54, 1.807) is 18.6 Å². The molecule has 2 rings (SSSR count). The molecule has 1 aliphatic rings. The Hall–Kier alpha value is -1.77. The summed E-state index contributed by atoms with van der Waals surface area (Å²) in [5, 5.41) is 18.8. The summed E-state index contributed by atoms with van der Waals surface area (Å²) in [6, 6.07) is 1.61. The Morgan fingerprint density at radius 2 is 2.27 bits per heavy atom. The molecule has 1 aliphatic heterocycles. The molecule has 3 atom stereocenters. The molecule has 0 radical (unpaired) electrons. The lowest BCUT2D eigenvalue weighted by Gasteiger charge is -2.14. The normalized spacial score (nSPS) is 25.0. The molecule has 2 heterocycles. The maximum absolute atomic E-state index is 12.1. The molecule has 1 saturated heterocycles. The number of aliphatic hydroxyl groups is 2. The van der Waals surface area contributed by atoms with Gasteiger partial charge in [-0.25, -0.2) is 9.79 Å². The summed E-state index contributed by atoms with van der Waals surface area (Å²) < 4.78 is 6.74. The van der Waals surface area contributed by atoms with E-state index in [4.69, 9.17) is 9.84 Å². The summed E-state index contributed by atoms with van der Waals surface area (Å²) in [7, 11) is 0. The Kier molecular flexibility index (Phi) is 5.64. The Bertz CT molecular complexity index is 570. The Balaban J connectivity index is 2.12. The van der Waals surface area contributed by atoms with Gasteiger partial charge in [0.15, 0.2) is 5.82 Å². The molecular weight excluding hydrogens is 288 g/mol. The molecule has 0 unspecified atom stereocenters. The molecule has 0 spiro atoms. The van der Waals surface area contributed by atoms with Crippen LogP contribution < -0.4 is 5.69 Å². The van der Waals surface area contributed by atoms with Gasteiger partial charge in [-0.05, 0) is 19.9 Å². The first-order valence-corrected chi connectivity index (χ1v) is 7.40. The van der Waals surface area contributed by atoms with Crippen molar-refractivity contribution in [2.45, 2.75) is 38.7 Å². The van der Waals surface area contributed by atoms with E-state index >= 15 is 0 Å². The second-order valence-electron chi connectivity index (χ2n) is 5.06. The van der Waals surface area contributed by atoms with E-state index in [1.165, 1.54) is 4.57 Å². The number of hydrogen-bond donors (Lipinski definition) is 2. The van der Waals surface area contributed by atoms with Crippen LogP contribution in [0.15, 0.2) is 22.1 Å². The van der Waals surface area contributed by atoms with Crippen LogP contribution in [0.5, 0.6) is 0 Å². The smallest absolute Gasteiger partial charge is 0.351 e. The first-order chi connectivity index (χ1) is 10.6. The highest BCUT2D eigenvalue weighted by Gasteiger charge is 2.34. The van der Waals surface area contributed by atoms with Crippen molar-refractivity contribution in [3.8, 4) is 0 Å². The van der Waals surface area contributed by atoms with Gasteiger partial charge in [-0.2, -0.15) is 4.98 Å². The van der Waals surface area contributed by atoms with Gasteiger partial charge < -0.3 is 19.8 Å². The average Bonchev–Trinajstić information content (AvgIpc) is 2.89. The van der Waals surface area contributed by atoms with E-state index in [-0.39, 0.29) is 13.0 Å². The molecule has 8 nitrogen and oxygen atoms in total. The lowest BCUT2D eigenvalue weighted by molar-refractivity contribution is -0.0458. The van der Waals surface area contributed by atoms with Gasteiger partial charge in [0.1, 0.15) is 12.3 Å². The molecule has 1 fully saturated rings. The summed E-state index contributed by atoms with van der Waals surface area (Å²) in [6.07, 6.45) is 1.37. The minimum Gasteiger partial charge on any atom is -0.394 e. The van der Waals surface area contributed by atoms with E-state index in [2.05, 4.69) is 9.98 Å². The lowest BCUT2D eigenvalue weighted by atomic mass is 10.2. The molecule has 0 bridgehead atoms. The van der Waals surface area contributed by atoms with Gasteiger partial charge >= 0.3 is 5.69 Å². The molecule has 8 heteroatoms. The van der Waals surface area contributed by atoms with E-state index in [0.29, 0.717) is 5.82 Å². The molecule has 22 heavy (non-hydrogen) atoms.